The third kappa shape index (κ3) is 4.73. The second-order valence-corrected chi connectivity index (χ2v) is 6.80. The van der Waals surface area contributed by atoms with Gasteiger partial charge in [0.05, 0.1) is 5.69 Å². The molecule has 1 amide bonds. The normalized spacial score (nSPS) is 13.3. The number of rotatable bonds is 6. The van der Waals surface area contributed by atoms with Gasteiger partial charge in [0.25, 0.3) is 5.91 Å². The standard InChI is InChI=1S/C13H22ClN3OS/c1-5-6-9-11(19-17-16-9)12(18)15-10(7-8-14)13(2,3)4/h10H,5-8H2,1-4H3,(H,15,18). The molecule has 0 aliphatic heterocycles. The molecular formula is C13H22ClN3OS. The summed E-state index contributed by atoms with van der Waals surface area (Å²) in [7, 11) is 0. The molecule has 0 spiro atoms. The second kappa shape index (κ2) is 7.20. The van der Waals surface area contributed by atoms with Gasteiger partial charge in [0, 0.05) is 11.9 Å². The van der Waals surface area contributed by atoms with Crippen LogP contribution in [0.5, 0.6) is 0 Å². The van der Waals surface area contributed by atoms with Crippen molar-refractivity contribution in [1.82, 2.24) is 14.9 Å². The van der Waals surface area contributed by atoms with Crippen molar-refractivity contribution in [2.75, 3.05) is 5.88 Å². The molecule has 1 aromatic heterocycles. The fourth-order valence-corrected chi connectivity index (χ4v) is 2.67. The van der Waals surface area contributed by atoms with E-state index in [2.05, 4.69) is 42.6 Å². The van der Waals surface area contributed by atoms with E-state index in [-0.39, 0.29) is 17.4 Å². The molecule has 4 nitrogen and oxygen atoms in total. The van der Waals surface area contributed by atoms with E-state index < -0.39 is 0 Å². The van der Waals surface area contributed by atoms with Crippen LogP contribution >= 0.6 is 23.1 Å². The lowest BCUT2D eigenvalue weighted by Gasteiger charge is -2.31. The number of carbonyl (C=O) groups is 1. The number of amides is 1. The Morgan fingerprint density at radius 1 is 1.47 bits per heavy atom. The summed E-state index contributed by atoms with van der Waals surface area (Å²) in [4.78, 5) is 12.9. The molecular weight excluding hydrogens is 282 g/mol. The van der Waals surface area contributed by atoms with E-state index in [1.165, 1.54) is 0 Å². The Bertz CT molecular complexity index is 414. The lowest BCUT2D eigenvalue weighted by Crippen LogP contribution is -2.44. The molecule has 0 radical (unpaired) electrons. The molecule has 0 saturated heterocycles. The molecule has 0 fully saturated rings. The van der Waals surface area contributed by atoms with E-state index in [4.69, 9.17) is 11.6 Å². The minimum Gasteiger partial charge on any atom is -0.348 e. The van der Waals surface area contributed by atoms with E-state index in [9.17, 15) is 4.79 Å². The van der Waals surface area contributed by atoms with E-state index in [1.807, 2.05) is 0 Å². The summed E-state index contributed by atoms with van der Waals surface area (Å²) < 4.78 is 3.88. The molecule has 1 N–H and O–H groups in total. The highest BCUT2D eigenvalue weighted by Crippen LogP contribution is 2.23. The smallest absolute Gasteiger partial charge is 0.265 e. The molecule has 19 heavy (non-hydrogen) atoms. The summed E-state index contributed by atoms with van der Waals surface area (Å²) >= 11 is 6.98. The molecule has 0 aliphatic rings. The minimum atomic E-state index is -0.0801. The van der Waals surface area contributed by atoms with Crippen molar-refractivity contribution in [2.24, 2.45) is 5.41 Å². The van der Waals surface area contributed by atoms with Crippen molar-refractivity contribution < 1.29 is 4.79 Å². The SMILES string of the molecule is CCCc1nnsc1C(=O)NC(CCCl)C(C)(C)C. The Balaban J connectivity index is 2.79. The predicted octanol–water partition coefficient (Wildman–Crippen LogP) is 3.26. The van der Waals surface area contributed by atoms with Gasteiger partial charge in [0.15, 0.2) is 0 Å². The average molecular weight is 304 g/mol. The number of alkyl halides is 1. The van der Waals surface area contributed by atoms with Crippen LogP contribution in [0.15, 0.2) is 0 Å². The summed E-state index contributed by atoms with van der Waals surface area (Å²) in [6, 6.07) is 0.0501. The Morgan fingerprint density at radius 3 is 2.68 bits per heavy atom. The van der Waals surface area contributed by atoms with Crippen LogP contribution in [0.4, 0.5) is 0 Å². The molecule has 1 heterocycles. The first-order valence-electron chi connectivity index (χ1n) is 6.58. The van der Waals surface area contributed by atoms with Gasteiger partial charge < -0.3 is 5.32 Å². The van der Waals surface area contributed by atoms with E-state index >= 15 is 0 Å². The quantitative estimate of drug-likeness (QED) is 0.821. The fraction of sp³-hybridized carbons (Fsp3) is 0.769. The number of hydrogen-bond donors (Lipinski definition) is 1. The monoisotopic (exact) mass is 303 g/mol. The maximum absolute atomic E-state index is 12.3. The first-order chi connectivity index (χ1) is 8.90. The third-order valence-electron chi connectivity index (χ3n) is 3.00. The molecule has 0 saturated carbocycles. The summed E-state index contributed by atoms with van der Waals surface area (Å²) in [6.07, 6.45) is 2.50. The number of carbonyl (C=O) groups excluding carboxylic acids is 1. The number of nitrogens with one attached hydrogen (secondary N) is 1. The van der Waals surface area contributed by atoms with Crippen LogP contribution in [0, 0.1) is 5.41 Å². The Hall–Kier alpha value is -0.680. The Labute approximate surface area is 124 Å². The average Bonchev–Trinajstić information content (AvgIpc) is 2.76. The van der Waals surface area contributed by atoms with Crippen LogP contribution in [0.1, 0.15) is 55.9 Å². The number of aromatic nitrogens is 2. The van der Waals surface area contributed by atoms with Gasteiger partial charge >= 0.3 is 0 Å². The highest BCUT2D eigenvalue weighted by atomic mass is 35.5. The van der Waals surface area contributed by atoms with E-state index in [0.29, 0.717) is 10.8 Å². The summed E-state index contributed by atoms with van der Waals surface area (Å²) in [5.41, 5.74) is 0.775. The van der Waals surface area contributed by atoms with Crippen LogP contribution in [0.2, 0.25) is 0 Å². The fourth-order valence-electron chi connectivity index (χ4n) is 1.84. The van der Waals surface area contributed by atoms with Crippen molar-refractivity contribution in [3.63, 3.8) is 0 Å². The van der Waals surface area contributed by atoms with Gasteiger partial charge in [-0.25, -0.2) is 0 Å². The topological polar surface area (TPSA) is 54.9 Å². The van der Waals surface area contributed by atoms with Crippen LogP contribution in [-0.4, -0.2) is 27.4 Å². The van der Waals surface area contributed by atoms with Crippen molar-refractivity contribution >= 4 is 29.0 Å². The number of halogens is 1. The zero-order chi connectivity index (χ0) is 14.5. The highest BCUT2D eigenvalue weighted by Gasteiger charge is 2.27. The second-order valence-electron chi connectivity index (χ2n) is 5.67. The predicted molar refractivity (Wildman–Crippen MR) is 80.0 cm³/mol. The van der Waals surface area contributed by atoms with Crippen molar-refractivity contribution in [3.8, 4) is 0 Å². The Morgan fingerprint density at radius 2 is 2.16 bits per heavy atom. The minimum absolute atomic E-state index is 0.0203. The molecule has 1 rings (SSSR count). The van der Waals surface area contributed by atoms with Gasteiger partial charge in [-0.3, -0.25) is 4.79 Å². The summed E-state index contributed by atoms with van der Waals surface area (Å²) in [6.45, 7) is 8.36. The highest BCUT2D eigenvalue weighted by molar-refractivity contribution is 7.08. The maximum atomic E-state index is 12.3. The zero-order valence-electron chi connectivity index (χ0n) is 12.0. The molecule has 0 aromatic carbocycles. The van der Waals surface area contributed by atoms with E-state index in [1.54, 1.807) is 0 Å². The van der Waals surface area contributed by atoms with Crippen LogP contribution < -0.4 is 5.32 Å². The Kier molecular flexibility index (Phi) is 6.20. The molecule has 1 aromatic rings. The van der Waals surface area contributed by atoms with E-state index in [0.717, 1.165) is 36.5 Å². The lowest BCUT2D eigenvalue weighted by molar-refractivity contribution is 0.0903. The molecule has 0 bridgehead atoms. The van der Waals surface area contributed by atoms with Gasteiger partial charge in [-0.05, 0) is 29.8 Å². The molecule has 108 valence electrons. The third-order valence-corrected chi connectivity index (χ3v) is 3.98. The first-order valence-corrected chi connectivity index (χ1v) is 7.89. The van der Waals surface area contributed by atoms with Crippen molar-refractivity contribution in [3.05, 3.63) is 10.6 Å². The maximum Gasteiger partial charge on any atom is 0.265 e. The van der Waals surface area contributed by atoms with Crippen LogP contribution in [0.3, 0.4) is 0 Å². The number of nitrogens with zero attached hydrogens (tertiary/aromatic N) is 2. The van der Waals surface area contributed by atoms with Gasteiger partial charge in [-0.1, -0.05) is 38.6 Å². The number of hydrogen-bond acceptors (Lipinski definition) is 4. The van der Waals surface area contributed by atoms with Crippen LogP contribution in [-0.2, 0) is 6.42 Å². The molecule has 6 heteroatoms. The summed E-state index contributed by atoms with van der Waals surface area (Å²) in [5, 5.41) is 7.09. The first kappa shape index (κ1) is 16.4. The van der Waals surface area contributed by atoms with Gasteiger partial charge in [0.1, 0.15) is 4.88 Å². The zero-order valence-corrected chi connectivity index (χ0v) is 13.6. The van der Waals surface area contributed by atoms with Gasteiger partial charge in [-0.15, -0.1) is 16.7 Å². The van der Waals surface area contributed by atoms with Crippen LogP contribution in [0.25, 0.3) is 0 Å². The van der Waals surface area contributed by atoms with Gasteiger partial charge in [-0.2, -0.15) is 0 Å². The molecule has 1 unspecified atom stereocenters. The largest absolute Gasteiger partial charge is 0.348 e. The van der Waals surface area contributed by atoms with Crippen molar-refractivity contribution in [1.29, 1.82) is 0 Å². The lowest BCUT2D eigenvalue weighted by atomic mass is 9.85. The van der Waals surface area contributed by atoms with Crippen molar-refractivity contribution in [2.45, 2.75) is 53.0 Å². The summed E-state index contributed by atoms with van der Waals surface area (Å²) in [5.74, 6) is 0.453. The van der Waals surface area contributed by atoms with Gasteiger partial charge in [0.2, 0.25) is 0 Å². The number of aryl methyl sites for hydroxylation is 1. The molecule has 1 atom stereocenters. The molecule has 0 aliphatic carbocycles.